The van der Waals surface area contributed by atoms with Crippen LogP contribution in [0.2, 0.25) is 0 Å². The Morgan fingerprint density at radius 3 is 2.31 bits per heavy atom. The van der Waals surface area contributed by atoms with E-state index >= 15 is 0 Å². The average molecular weight is 291 g/mol. The number of amides is 1. The molecular formula is C9H14Cl3NO3. The summed E-state index contributed by atoms with van der Waals surface area (Å²) in [6.07, 6.45) is 0.825. The van der Waals surface area contributed by atoms with E-state index in [0.29, 0.717) is 12.8 Å². The van der Waals surface area contributed by atoms with Crippen molar-refractivity contribution in [1.29, 1.82) is 0 Å². The maximum atomic E-state index is 11.4. The lowest BCUT2D eigenvalue weighted by molar-refractivity contribution is -0.122. The molecule has 94 valence electrons. The maximum Gasteiger partial charge on any atom is 0.272 e. The monoisotopic (exact) mass is 289 g/mol. The van der Waals surface area contributed by atoms with Crippen molar-refractivity contribution in [3.63, 3.8) is 0 Å². The molecule has 1 fully saturated rings. The van der Waals surface area contributed by atoms with Crippen molar-refractivity contribution in [2.45, 2.75) is 47.7 Å². The Kier molecular flexibility index (Phi) is 5.13. The van der Waals surface area contributed by atoms with Gasteiger partial charge in [-0.1, -0.05) is 47.6 Å². The van der Waals surface area contributed by atoms with E-state index in [-0.39, 0.29) is 0 Å². The lowest BCUT2D eigenvalue weighted by atomic mass is 10.0. The van der Waals surface area contributed by atoms with Crippen LogP contribution in [0.25, 0.3) is 0 Å². The molecule has 0 aromatic rings. The Hall–Kier alpha value is 0.260. The van der Waals surface area contributed by atoms with E-state index in [2.05, 4.69) is 5.32 Å². The fourth-order valence-corrected chi connectivity index (χ4v) is 1.90. The second-order valence-corrected chi connectivity index (χ2v) is 6.20. The van der Waals surface area contributed by atoms with Crippen molar-refractivity contribution in [2.24, 2.45) is 0 Å². The molecule has 1 aliphatic rings. The highest BCUT2D eigenvalue weighted by Crippen LogP contribution is 2.27. The van der Waals surface area contributed by atoms with E-state index in [1.165, 1.54) is 0 Å². The Labute approximate surface area is 109 Å². The molecule has 1 amide bonds. The van der Waals surface area contributed by atoms with Crippen molar-refractivity contribution < 1.29 is 15.0 Å². The third-order valence-corrected chi connectivity index (χ3v) is 3.16. The van der Waals surface area contributed by atoms with E-state index in [9.17, 15) is 15.0 Å². The quantitative estimate of drug-likeness (QED) is 0.501. The summed E-state index contributed by atoms with van der Waals surface area (Å²) in [6, 6.07) is -0.569. The summed E-state index contributed by atoms with van der Waals surface area (Å²) in [4.78, 5) is 11.4. The normalized spacial score (nSPS) is 31.9. The summed E-state index contributed by atoms with van der Waals surface area (Å²) in [5.74, 6) is -0.782. The highest BCUT2D eigenvalue weighted by atomic mass is 35.6. The number of rotatable bonds is 1. The molecule has 4 nitrogen and oxygen atoms in total. The minimum atomic E-state index is -2.04. The highest BCUT2D eigenvalue weighted by molar-refractivity contribution is 6.76. The summed E-state index contributed by atoms with van der Waals surface area (Å²) in [7, 11) is 0. The van der Waals surface area contributed by atoms with Crippen LogP contribution < -0.4 is 5.32 Å². The summed E-state index contributed by atoms with van der Waals surface area (Å²) >= 11 is 16.2. The molecule has 0 aromatic heterocycles. The van der Waals surface area contributed by atoms with E-state index in [4.69, 9.17) is 34.8 Å². The Morgan fingerprint density at radius 1 is 1.19 bits per heavy atom. The Morgan fingerprint density at radius 2 is 1.75 bits per heavy atom. The van der Waals surface area contributed by atoms with Gasteiger partial charge in [0.25, 0.3) is 9.70 Å². The summed E-state index contributed by atoms with van der Waals surface area (Å²) < 4.78 is -2.04. The van der Waals surface area contributed by atoms with Gasteiger partial charge in [-0.15, -0.1) is 0 Å². The van der Waals surface area contributed by atoms with Crippen molar-refractivity contribution in [3.8, 4) is 0 Å². The Bertz CT molecular complexity index is 257. The van der Waals surface area contributed by atoms with Crippen molar-refractivity contribution in [2.75, 3.05) is 0 Å². The van der Waals surface area contributed by atoms with Gasteiger partial charge in [0.1, 0.15) is 0 Å². The first kappa shape index (κ1) is 14.3. The van der Waals surface area contributed by atoms with Crippen LogP contribution in [0.3, 0.4) is 0 Å². The molecule has 3 N–H and O–H groups in total. The van der Waals surface area contributed by atoms with Crippen LogP contribution in [0.15, 0.2) is 0 Å². The lowest BCUT2D eigenvalue weighted by Gasteiger charge is -2.26. The number of aliphatic hydroxyl groups excluding tert-OH is 2. The standard InChI is InChI=1S/C9H14Cl3NO3/c10-9(11,12)8(16)13-5-3-1-2-4-6(14)7(5)15/h5-7,14-15H,1-4H2,(H,13,16)/t5-,6+,7-/m1/s1. The molecule has 0 aromatic carbocycles. The average Bonchev–Trinajstić information content (AvgIpc) is 2.32. The predicted molar refractivity (Wildman–Crippen MR) is 62.7 cm³/mol. The molecule has 3 atom stereocenters. The van der Waals surface area contributed by atoms with Gasteiger partial charge >= 0.3 is 0 Å². The number of carbonyl (C=O) groups excluding carboxylic acids is 1. The van der Waals surface area contributed by atoms with Gasteiger partial charge in [-0.2, -0.15) is 0 Å². The first-order chi connectivity index (χ1) is 7.32. The Balaban J connectivity index is 2.61. The fourth-order valence-electron chi connectivity index (χ4n) is 1.74. The number of hydrogen-bond donors (Lipinski definition) is 3. The van der Waals surface area contributed by atoms with Crippen LogP contribution in [0.5, 0.6) is 0 Å². The number of carbonyl (C=O) groups is 1. The smallest absolute Gasteiger partial charge is 0.272 e. The second kappa shape index (κ2) is 5.74. The van der Waals surface area contributed by atoms with Crippen LogP contribution in [0, 0.1) is 0 Å². The van der Waals surface area contributed by atoms with Crippen LogP contribution >= 0.6 is 34.8 Å². The molecule has 1 rings (SSSR count). The number of hydrogen-bond acceptors (Lipinski definition) is 3. The van der Waals surface area contributed by atoms with E-state index in [1.807, 2.05) is 0 Å². The van der Waals surface area contributed by atoms with Gasteiger partial charge in [0.2, 0.25) is 0 Å². The van der Waals surface area contributed by atoms with Crippen molar-refractivity contribution in [3.05, 3.63) is 0 Å². The van der Waals surface area contributed by atoms with E-state index < -0.39 is 27.9 Å². The predicted octanol–water partition coefficient (Wildman–Crippen LogP) is 1.14. The van der Waals surface area contributed by atoms with Crippen LogP contribution in [-0.2, 0) is 4.79 Å². The van der Waals surface area contributed by atoms with Crippen LogP contribution in [0.1, 0.15) is 25.7 Å². The SMILES string of the molecule is O=C(N[C@@H]1CCCC[C@H](O)[C@@H]1O)C(Cl)(Cl)Cl. The third-order valence-electron chi connectivity index (χ3n) is 2.65. The zero-order chi connectivity index (χ0) is 12.3. The molecule has 0 aliphatic heterocycles. The zero-order valence-corrected chi connectivity index (χ0v) is 10.8. The first-order valence-corrected chi connectivity index (χ1v) is 6.19. The largest absolute Gasteiger partial charge is 0.390 e. The van der Waals surface area contributed by atoms with E-state index in [0.717, 1.165) is 12.8 Å². The first-order valence-electron chi connectivity index (χ1n) is 5.06. The molecule has 0 heterocycles. The topological polar surface area (TPSA) is 69.6 Å². The minimum absolute atomic E-state index is 0.515. The van der Waals surface area contributed by atoms with Gasteiger partial charge in [0.05, 0.1) is 18.2 Å². The molecular weight excluding hydrogens is 276 g/mol. The molecule has 1 aliphatic carbocycles. The molecule has 0 unspecified atom stereocenters. The fraction of sp³-hybridized carbons (Fsp3) is 0.889. The van der Waals surface area contributed by atoms with Crippen molar-refractivity contribution >= 4 is 40.7 Å². The van der Waals surface area contributed by atoms with E-state index in [1.54, 1.807) is 0 Å². The van der Waals surface area contributed by atoms with Gasteiger partial charge in [-0.3, -0.25) is 4.79 Å². The number of alkyl halides is 3. The second-order valence-electron chi connectivity index (χ2n) is 3.92. The maximum absolute atomic E-state index is 11.4. The van der Waals surface area contributed by atoms with Gasteiger partial charge in [-0.25, -0.2) is 0 Å². The molecule has 0 spiro atoms. The molecule has 0 bridgehead atoms. The number of nitrogens with one attached hydrogen (secondary N) is 1. The number of aliphatic hydroxyl groups is 2. The summed E-state index contributed by atoms with van der Waals surface area (Å²) in [5, 5.41) is 21.7. The van der Waals surface area contributed by atoms with Gasteiger partial charge in [-0.05, 0) is 12.8 Å². The van der Waals surface area contributed by atoms with Gasteiger partial charge < -0.3 is 15.5 Å². The summed E-state index contributed by atoms with van der Waals surface area (Å²) in [5.41, 5.74) is 0. The van der Waals surface area contributed by atoms with Gasteiger partial charge in [0.15, 0.2) is 0 Å². The lowest BCUT2D eigenvalue weighted by Crippen LogP contribution is -2.50. The minimum Gasteiger partial charge on any atom is -0.390 e. The van der Waals surface area contributed by atoms with Crippen LogP contribution in [-0.4, -0.2) is 38.2 Å². The molecule has 7 heteroatoms. The molecule has 0 saturated heterocycles. The van der Waals surface area contributed by atoms with Gasteiger partial charge in [0, 0.05) is 0 Å². The molecule has 0 radical (unpaired) electrons. The third kappa shape index (κ3) is 3.93. The highest BCUT2D eigenvalue weighted by Gasteiger charge is 2.36. The number of halogens is 3. The molecule has 16 heavy (non-hydrogen) atoms. The zero-order valence-electron chi connectivity index (χ0n) is 8.50. The molecule has 1 saturated carbocycles. The van der Waals surface area contributed by atoms with Crippen molar-refractivity contribution in [1.82, 2.24) is 5.32 Å². The van der Waals surface area contributed by atoms with Crippen LogP contribution in [0.4, 0.5) is 0 Å². The summed E-state index contributed by atoms with van der Waals surface area (Å²) in [6.45, 7) is 0.